The molecule has 1 aromatic rings. The fourth-order valence-corrected chi connectivity index (χ4v) is 1.04. The summed E-state index contributed by atoms with van der Waals surface area (Å²) < 4.78 is 0. The maximum atomic E-state index is 11.6. The molecule has 0 radical (unpaired) electrons. The summed E-state index contributed by atoms with van der Waals surface area (Å²) >= 11 is 3.66. The van der Waals surface area contributed by atoms with Gasteiger partial charge in [0.1, 0.15) is 11.4 Å². The molecule has 0 bridgehead atoms. The monoisotopic (exact) mass is 333 g/mol. The predicted molar refractivity (Wildman–Crippen MR) is 68.7 cm³/mol. The molecule has 19 heavy (non-hydrogen) atoms. The number of allylic oxidation sites excluding steroid dienone is 2. The zero-order valence-electron chi connectivity index (χ0n) is 10.2. The van der Waals surface area contributed by atoms with Crippen LogP contribution in [0.2, 0.25) is 0 Å². The van der Waals surface area contributed by atoms with Gasteiger partial charge in [-0.05, 0) is 31.2 Å². The van der Waals surface area contributed by atoms with Gasteiger partial charge in [-0.25, -0.2) is 0 Å². The molecule has 0 atom stereocenters. The van der Waals surface area contributed by atoms with Gasteiger partial charge >= 0.3 is 25.2 Å². The number of nitrogens with zero attached hydrogens (tertiary/aromatic N) is 1. The number of halogens is 1. The van der Waals surface area contributed by atoms with E-state index in [1.807, 2.05) is 0 Å². The van der Waals surface area contributed by atoms with E-state index in [-0.39, 0.29) is 17.0 Å². The van der Waals surface area contributed by atoms with Crippen molar-refractivity contribution in [3.8, 4) is 5.75 Å². The number of carbonyl (C=O) groups excluding carboxylic acids is 1. The molecule has 0 saturated heterocycles. The molecule has 0 spiro atoms. The molecule has 3 N–H and O–H groups in total. The first kappa shape index (κ1) is 17.4. The minimum absolute atomic E-state index is 0.112. The van der Waals surface area contributed by atoms with Gasteiger partial charge in [-0.15, -0.1) is 4.91 Å². The second-order valence-corrected chi connectivity index (χ2v) is 3.40. The molecular weight excluding hydrogens is 321 g/mol. The molecular formula is C11H13ClCuN3O3. The van der Waals surface area contributed by atoms with Crippen LogP contribution >= 0.6 is 10.1 Å². The van der Waals surface area contributed by atoms with Crippen molar-refractivity contribution >= 4 is 16.0 Å². The molecule has 0 unspecified atom stereocenters. The topological polar surface area (TPSA) is 90.8 Å². The second kappa shape index (κ2) is 9.38. The summed E-state index contributed by atoms with van der Waals surface area (Å²) in [5, 5.41) is 12.2. The third kappa shape index (κ3) is 5.74. The van der Waals surface area contributed by atoms with Crippen LogP contribution in [0.25, 0.3) is 0 Å². The van der Waals surface area contributed by atoms with Crippen LogP contribution in [0.5, 0.6) is 5.75 Å². The summed E-state index contributed by atoms with van der Waals surface area (Å²) in [6.45, 7) is 3.11. The van der Waals surface area contributed by atoms with Crippen LogP contribution in [-0.2, 0) is 15.1 Å². The number of benzene rings is 1. The van der Waals surface area contributed by atoms with Crippen LogP contribution in [0, 0.1) is 4.91 Å². The number of phenols is 1. The molecule has 1 amide bonds. The van der Waals surface area contributed by atoms with Gasteiger partial charge < -0.3 is 10.5 Å². The molecule has 0 aromatic heterocycles. The van der Waals surface area contributed by atoms with Crippen molar-refractivity contribution in [2.75, 3.05) is 0 Å². The standard InChI is InChI=1S/C11H13N3O3.ClH.Cu/c1-7(8(2)14-17)12-13-11(16)9-5-3-4-6-10(9)15;;/h3-6,12,15H,1-2H3,(H,13,16);1H;/q;;+1/p-1. The number of rotatable bonds is 4. The van der Waals surface area contributed by atoms with Crippen LogP contribution < -0.4 is 10.9 Å². The van der Waals surface area contributed by atoms with Crippen molar-refractivity contribution in [1.29, 1.82) is 0 Å². The van der Waals surface area contributed by atoms with E-state index in [0.29, 0.717) is 5.70 Å². The molecule has 6 nitrogen and oxygen atoms in total. The predicted octanol–water partition coefficient (Wildman–Crippen LogP) is 2.33. The third-order valence-corrected chi connectivity index (χ3v) is 2.19. The number of nitroso groups, excluding NO2 is 1. The first-order valence-corrected chi connectivity index (χ1v) is 6.32. The Balaban J connectivity index is 0.00000154. The number of carbonyl (C=O) groups is 1. The second-order valence-electron chi connectivity index (χ2n) is 3.40. The van der Waals surface area contributed by atoms with E-state index in [2.05, 4.69) is 41.2 Å². The van der Waals surface area contributed by atoms with Crippen LogP contribution in [0.1, 0.15) is 24.2 Å². The number of phenolic OH excluding ortho intramolecular Hbond substituents is 1. The summed E-state index contributed by atoms with van der Waals surface area (Å²) in [5.74, 6) is -0.611. The Morgan fingerprint density at radius 1 is 1.26 bits per heavy atom. The fourth-order valence-electron chi connectivity index (χ4n) is 1.04. The fraction of sp³-hybridized carbons (Fsp3) is 0.182. The van der Waals surface area contributed by atoms with Gasteiger partial charge in [-0.1, -0.05) is 12.1 Å². The summed E-state index contributed by atoms with van der Waals surface area (Å²) in [7, 11) is 4.20. The molecule has 0 aliphatic rings. The molecule has 0 aliphatic carbocycles. The van der Waals surface area contributed by atoms with Crippen molar-refractivity contribution in [3.63, 3.8) is 0 Å². The van der Waals surface area contributed by atoms with E-state index in [1.54, 1.807) is 19.1 Å². The average Bonchev–Trinajstić information content (AvgIpc) is 2.46. The Labute approximate surface area is 123 Å². The number of hydrogen-bond donors (Lipinski definition) is 3. The molecule has 0 fully saturated rings. The number of nitrogens with one attached hydrogen (secondary N) is 2. The Kier molecular flexibility index (Phi) is 8.61. The van der Waals surface area contributed by atoms with E-state index in [9.17, 15) is 14.8 Å². The normalized spacial score (nSPS) is 10.6. The minimum atomic E-state index is -0.499. The van der Waals surface area contributed by atoms with Crippen LogP contribution in [0.15, 0.2) is 40.8 Å². The number of para-hydroxylation sites is 1. The maximum absolute atomic E-state index is 11.6. The van der Waals surface area contributed by atoms with Crippen molar-refractivity contribution in [2.45, 2.75) is 13.8 Å². The van der Waals surface area contributed by atoms with Gasteiger partial charge in [0.25, 0.3) is 5.91 Å². The van der Waals surface area contributed by atoms with E-state index >= 15 is 0 Å². The zero-order valence-corrected chi connectivity index (χ0v) is 11.9. The molecule has 8 heteroatoms. The van der Waals surface area contributed by atoms with Crippen molar-refractivity contribution < 1.29 is 25.0 Å². The van der Waals surface area contributed by atoms with Gasteiger partial charge in [0.2, 0.25) is 0 Å². The van der Waals surface area contributed by atoms with Gasteiger partial charge in [0, 0.05) is 0 Å². The number of aromatic hydroxyl groups is 1. The summed E-state index contributed by atoms with van der Waals surface area (Å²) in [4.78, 5) is 21.8. The summed E-state index contributed by atoms with van der Waals surface area (Å²) in [6, 6.07) is 6.15. The molecule has 0 saturated carbocycles. The van der Waals surface area contributed by atoms with Gasteiger partial charge in [0.15, 0.2) is 0 Å². The van der Waals surface area contributed by atoms with Gasteiger partial charge in [0.05, 0.1) is 11.3 Å². The Bertz CT molecular complexity index is 480. The van der Waals surface area contributed by atoms with Gasteiger partial charge in [-0.2, -0.15) is 0 Å². The number of hydrogen-bond acceptors (Lipinski definition) is 5. The Hall–Kier alpha value is -1.56. The SMILES string of the molecule is CC(N=O)=C(C)NNC(=O)c1ccccc1O.[Cl][Cu]. The first-order chi connectivity index (χ1) is 9.06. The van der Waals surface area contributed by atoms with Gasteiger partial charge in [-0.3, -0.25) is 10.2 Å². The molecule has 1 rings (SSSR count). The molecule has 1 aromatic carbocycles. The zero-order chi connectivity index (χ0) is 14.8. The van der Waals surface area contributed by atoms with E-state index in [1.165, 1.54) is 19.1 Å². The number of hydrazine groups is 1. The average molecular weight is 334 g/mol. The van der Waals surface area contributed by atoms with Crippen molar-refractivity contribution in [1.82, 2.24) is 10.9 Å². The summed E-state index contributed by atoms with van der Waals surface area (Å²) in [5.41, 5.74) is 5.70. The third-order valence-electron chi connectivity index (χ3n) is 2.19. The molecule has 0 aliphatic heterocycles. The van der Waals surface area contributed by atoms with Crippen LogP contribution in [-0.4, -0.2) is 11.0 Å². The van der Waals surface area contributed by atoms with Crippen molar-refractivity contribution in [2.24, 2.45) is 5.18 Å². The van der Waals surface area contributed by atoms with E-state index in [0.717, 1.165) is 0 Å². The summed E-state index contributed by atoms with van der Waals surface area (Å²) in [6.07, 6.45) is 0. The quantitative estimate of drug-likeness (QED) is 0.448. The molecule has 108 valence electrons. The van der Waals surface area contributed by atoms with Crippen LogP contribution in [0.4, 0.5) is 0 Å². The first-order valence-electron chi connectivity index (χ1n) is 5.03. The Morgan fingerprint density at radius 3 is 2.37 bits per heavy atom. The van der Waals surface area contributed by atoms with Crippen LogP contribution in [0.3, 0.4) is 0 Å². The van der Waals surface area contributed by atoms with Crippen molar-refractivity contribution in [3.05, 3.63) is 46.1 Å². The van der Waals surface area contributed by atoms with E-state index < -0.39 is 5.91 Å². The van der Waals surface area contributed by atoms with E-state index in [4.69, 9.17) is 0 Å². The molecule has 0 heterocycles. The Morgan fingerprint density at radius 2 is 1.84 bits per heavy atom. The number of amides is 1.